The molecular formula is C16H10Cl2N2. The molecule has 0 amide bonds. The lowest BCUT2D eigenvalue weighted by Gasteiger charge is -2.08. The van der Waals surface area contributed by atoms with Gasteiger partial charge in [-0.3, -0.25) is 0 Å². The molecular weight excluding hydrogens is 291 g/mol. The second-order valence-electron chi connectivity index (χ2n) is 4.53. The van der Waals surface area contributed by atoms with E-state index in [0.29, 0.717) is 22.2 Å². The number of nitriles is 1. The van der Waals surface area contributed by atoms with Crippen molar-refractivity contribution in [1.29, 1.82) is 5.26 Å². The van der Waals surface area contributed by atoms with Gasteiger partial charge in [-0.1, -0.05) is 29.3 Å². The minimum absolute atomic E-state index is 0.623. The number of halogens is 2. The summed E-state index contributed by atoms with van der Waals surface area (Å²) >= 11 is 12.2. The molecule has 0 radical (unpaired) electrons. The van der Waals surface area contributed by atoms with Gasteiger partial charge in [0.05, 0.1) is 11.6 Å². The van der Waals surface area contributed by atoms with Gasteiger partial charge in [0, 0.05) is 33.7 Å². The van der Waals surface area contributed by atoms with Crippen molar-refractivity contribution in [3.63, 3.8) is 0 Å². The van der Waals surface area contributed by atoms with Crippen molar-refractivity contribution in [2.24, 2.45) is 0 Å². The second-order valence-corrected chi connectivity index (χ2v) is 5.37. The lowest BCUT2D eigenvalue weighted by atomic mass is 10.1. The molecule has 1 aromatic heterocycles. The van der Waals surface area contributed by atoms with Crippen molar-refractivity contribution in [3.8, 4) is 6.07 Å². The van der Waals surface area contributed by atoms with Crippen molar-refractivity contribution in [2.45, 2.75) is 6.54 Å². The van der Waals surface area contributed by atoms with Crippen LogP contribution in [0.3, 0.4) is 0 Å². The van der Waals surface area contributed by atoms with Crippen molar-refractivity contribution in [1.82, 2.24) is 4.57 Å². The number of benzene rings is 2. The third kappa shape index (κ3) is 2.27. The van der Waals surface area contributed by atoms with E-state index in [1.807, 2.05) is 36.5 Å². The summed E-state index contributed by atoms with van der Waals surface area (Å²) in [6, 6.07) is 15.3. The maximum Gasteiger partial charge on any atom is 0.0998 e. The van der Waals surface area contributed by atoms with E-state index in [1.54, 1.807) is 12.1 Å². The van der Waals surface area contributed by atoms with Crippen LogP contribution >= 0.6 is 23.2 Å². The molecule has 0 bridgehead atoms. The molecule has 3 aromatic rings. The number of aromatic nitrogens is 1. The van der Waals surface area contributed by atoms with Crippen LogP contribution in [-0.2, 0) is 6.54 Å². The van der Waals surface area contributed by atoms with E-state index in [-0.39, 0.29) is 0 Å². The van der Waals surface area contributed by atoms with Crippen LogP contribution in [0.4, 0.5) is 0 Å². The van der Waals surface area contributed by atoms with Crippen LogP contribution in [0.1, 0.15) is 11.1 Å². The van der Waals surface area contributed by atoms with E-state index in [9.17, 15) is 0 Å². The molecule has 0 fully saturated rings. The monoisotopic (exact) mass is 300 g/mol. The van der Waals surface area contributed by atoms with E-state index >= 15 is 0 Å². The highest BCUT2D eigenvalue weighted by Crippen LogP contribution is 2.25. The van der Waals surface area contributed by atoms with Gasteiger partial charge in [0.2, 0.25) is 0 Å². The first kappa shape index (κ1) is 13.1. The molecule has 0 unspecified atom stereocenters. The molecule has 4 heteroatoms. The summed E-state index contributed by atoms with van der Waals surface area (Å²) in [5, 5.41) is 11.4. The Morgan fingerprint density at radius 3 is 2.75 bits per heavy atom. The van der Waals surface area contributed by atoms with E-state index in [4.69, 9.17) is 28.5 Å². The van der Waals surface area contributed by atoms with Crippen molar-refractivity contribution < 1.29 is 0 Å². The minimum atomic E-state index is 0.623. The summed E-state index contributed by atoms with van der Waals surface area (Å²) in [5.74, 6) is 0. The Labute approximate surface area is 126 Å². The molecule has 2 aromatic carbocycles. The molecule has 0 aliphatic rings. The molecule has 2 nitrogen and oxygen atoms in total. The third-order valence-electron chi connectivity index (χ3n) is 3.28. The fourth-order valence-electron chi connectivity index (χ4n) is 2.31. The van der Waals surface area contributed by atoms with Crippen molar-refractivity contribution in [3.05, 3.63) is 69.8 Å². The molecule has 0 aliphatic heterocycles. The van der Waals surface area contributed by atoms with Crippen LogP contribution in [0.25, 0.3) is 10.9 Å². The highest BCUT2D eigenvalue weighted by Gasteiger charge is 2.07. The number of rotatable bonds is 2. The lowest BCUT2D eigenvalue weighted by molar-refractivity contribution is 0.837. The minimum Gasteiger partial charge on any atom is -0.343 e. The van der Waals surface area contributed by atoms with Crippen LogP contribution in [0, 0.1) is 11.3 Å². The molecule has 1 heterocycles. The van der Waals surface area contributed by atoms with Gasteiger partial charge in [0.15, 0.2) is 0 Å². The molecule has 0 saturated heterocycles. The summed E-state index contributed by atoms with van der Waals surface area (Å²) in [5.41, 5.74) is 2.65. The molecule has 0 saturated carbocycles. The largest absolute Gasteiger partial charge is 0.343 e. The highest BCUT2D eigenvalue weighted by molar-refractivity contribution is 6.33. The Hall–Kier alpha value is -1.95. The van der Waals surface area contributed by atoms with Crippen LogP contribution in [-0.4, -0.2) is 4.57 Å². The lowest BCUT2D eigenvalue weighted by Crippen LogP contribution is -1.98. The summed E-state index contributed by atoms with van der Waals surface area (Å²) in [6.45, 7) is 0.623. The Balaban J connectivity index is 2.08. The third-order valence-corrected chi connectivity index (χ3v) is 3.89. The Morgan fingerprint density at radius 1 is 1.10 bits per heavy atom. The van der Waals surface area contributed by atoms with Crippen molar-refractivity contribution in [2.75, 3.05) is 0 Å². The van der Waals surface area contributed by atoms with E-state index in [2.05, 4.69) is 10.6 Å². The fraction of sp³-hybridized carbons (Fsp3) is 0.0625. The van der Waals surface area contributed by atoms with E-state index < -0.39 is 0 Å². The van der Waals surface area contributed by atoms with Gasteiger partial charge >= 0.3 is 0 Å². The predicted octanol–water partition coefficient (Wildman–Crippen LogP) is 4.87. The number of fused-ring (bicyclic) bond motifs is 1. The smallest absolute Gasteiger partial charge is 0.0998 e. The maximum absolute atomic E-state index is 9.12. The fourth-order valence-corrected chi connectivity index (χ4v) is 2.68. The van der Waals surface area contributed by atoms with Gasteiger partial charge in [0.25, 0.3) is 0 Å². The zero-order chi connectivity index (χ0) is 14.1. The number of nitrogens with zero attached hydrogens (tertiary/aromatic N) is 2. The Morgan fingerprint density at radius 2 is 1.95 bits per heavy atom. The van der Waals surface area contributed by atoms with E-state index in [0.717, 1.165) is 16.5 Å². The summed E-state index contributed by atoms with van der Waals surface area (Å²) in [4.78, 5) is 0. The zero-order valence-corrected chi connectivity index (χ0v) is 12.0. The molecule has 0 spiro atoms. The van der Waals surface area contributed by atoms with Gasteiger partial charge in [-0.2, -0.15) is 5.26 Å². The topological polar surface area (TPSA) is 28.7 Å². The summed E-state index contributed by atoms with van der Waals surface area (Å²) in [7, 11) is 0. The number of hydrogen-bond acceptors (Lipinski definition) is 1. The molecule has 20 heavy (non-hydrogen) atoms. The first-order valence-electron chi connectivity index (χ1n) is 6.11. The van der Waals surface area contributed by atoms with Gasteiger partial charge < -0.3 is 4.57 Å². The summed E-state index contributed by atoms with van der Waals surface area (Å²) in [6.07, 6.45) is 1.96. The SMILES string of the molecule is N#Cc1cccc2c1ccn2Cc1cc(Cl)ccc1Cl. The molecule has 0 aliphatic carbocycles. The zero-order valence-electron chi connectivity index (χ0n) is 10.5. The first-order valence-corrected chi connectivity index (χ1v) is 6.86. The van der Waals surface area contributed by atoms with Gasteiger partial charge in [-0.15, -0.1) is 0 Å². The first-order chi connectivity index (χ1) is 9.69. The summed E-state index contributed by atoms with van der Waals surface area (Å²) < 4.78 is 2.06. The van der Waals surface area contributed by atoms with Gasteiger partial charge in [-0.05, 0) is 42.0 Å². The van der Waals surface area contributed by atoms with Crippen LogP contribution in [0.2, 0.25) is 10.0 Å². The van der Waals surface area contributed by atoms with E-state index in [1.165, 1.54) is 0 Å². The maximum atomic E-state index is 9.12. The predicted molar refractivity (Wildman–Crippen MR) is 82.2 cm³/mol. The number of hydrogen-bond donors (Lipinski definition) is 0. The Kier molecular flexibility index (Phi) is 3.40. The molecule has 98 valence electrons. The average Bonchev–Trinajstić information content (AvgIpc) is 2.86. The quantitative estimate of drug-likeness (QED) is 0.664. The average molecular weight is 301 g/mol. The molecule has 3 rings (SSSR count). The standard InChI is InChI=1S/C16H10Cl2N2/c17-13-4-5-15(18)12(8-13)10-20-7-6-14-11(9-19)2-1-3-16(14)20/h1-8H,10H2. The van der Waals surface area contributed by atoms with Gasteiger partial charge in [-0.25, -0.2) is 0 Å². The second kappa shape index (κ2) is 5.20. The Bertz CT molecular complexity index is 828. The van der Waals surface area contributed by atoms with Crippen LogP contribution in [0.5, 0.6) is 0 Å². The van der Waals surface area contributed by atoms with Gasteiger partial charge in [0.1, 0.15) is 0 Å². The normalized spacial score (nSPS) is 10.7. The van der Waals surface area contributed by atoms with Crippen molar-refractivity contribution >= 4 is 34.1 Å². The molecule has 0 N–H and O–H groups in total. The molecule has 0 atom stereocenters. The highest BCUT2D eigenvalue weighted by atomic mass is 35.5. The van der Waals surface area contributed by atoms with Crippen LogP contribution < -0.4 is 0 Å². The van der Waals surface area contributed by atoms with Crippen LogP contribution in [0.15, 0.2) is 48.7 Å².